The summed E-state index contributed by atoms with van der Waals surface area (Å²) in [4.78, 5) is 15.4. The number of fused-ring (bicyclic) bond motifs is 1. The summed E-state index contributed by atoms with van der Waals surface area (Å²) in [7, 11) is 0. The summed E-state index contributed by atoms with van der Waals surface area (Å²) in [6.45, 7) is 0. The number of H-pyrrole nitrogens is 1. The summed E-state index contributed by atoms with van der Waals surface area (Å²) < 4.78 is 13.8. The standard InChI is InChI=1S/C15H8Cl2FNO/c16-8-2-4-11(13(18)5-8)15(20)12-7-19-14-6-9(17)1-3-10(12)14/h1-7,19H. The van der Waals surface area contributed by atoms with Crippen molar-refractivity contribution >= 4 is 39.9 Å². The Hall–Kier alpha value is -1.84. The Balaban J connectivity index is 2.13. The van der Waals surface area contributed by atoms with Crippen molar-refractivity contribution in [2.75, 3.05) is 0 Å². The molecule has 2 nitrogen and oxygen atoms in total. The lowest BCUT2D eigenvalue weighted by Crippen LogP contribution is -2.03. The smallest absolute Gasteiger partial charge is 0.198 e. The lowest BCUT2D eigenvalue weighted by Gasteiger charge is -2.02. The third-order valence-corrected chi connectivity index (χ3v) is 3.53. The molecule has 0 amide bonds. The highest BCUT2D eigenvalue weighted by atomic mass is 35.5. The van der Waals surface area contributed by atoms with Crippen LogP contribution in [0, 0.1) is 5.82 Å². The van der Waals surface area contributed by atoms with Crippen LogP contribution in [0.25, 0.3) is 10.9 Å². The first-order chi connectivity index (χ1) is 9.56. The predicted molar refractivity (Wildman–Crippen MR) is 78.2 cm³/mol. The van der Waals surface area contributed by atoms with Crippen LogP contribution < -0.4 is 0 Å². The quantitative estimate of drug-likeness (QED) is 0.675. The number of carbonyl (C=O) groups excluding carboxylic acids is 1. The van der Waals surface area contributed by atoms with E-state index < -0.39 is 11.6 Å². The monoisotopic (exact) mass is 307 g/mol. The van der Waals surface area contributed by atoms with Crippen molar-refractivity contribution in [3.8, 4) is 0 Å². The number of aromatic nitrogens is 1. The lowest BCUT2D eigenvalue weighted by atomic mass is 10.0. The topological polar surface area (TPSA) is 32.9 Å². The lowest BCUT2D eigenvalue weighted by molar-refractivity contribution is 0.103. The van der Waals surface area contributed by atoms with Gasteiger partial charge in [0.15, 0.2) is 5.78 Å². The van der Waals surface area contributed by atoms with Gasteiger partial charge in [-0.3, -0.25) is 4.79 Å². The van der Waals surface area contributed by atoms with Crippen molar-refractivity contribution in [2.45, 2.75) is 0 Å². The summed E-state index contributed by atoms with van der Waals surface area (Å²) >= 11 is 11.6. The zero-order valence-corrected chi connectivity index (χ0v) is 11.6. The molecule has 0 fully saturated rings. The van der Waals surface area contributed by atoms with Crippen LogP contribution in [0.5, 0.6) is 0 Å². The van der Waals surface area contributed by atoms with E-state index in [1.165, 1.54) is 12.1 Å². The number of carbonyl (C=O) groups is 1. The Morgan fingerprint density at radius 3 is 2.45 bits per heavy atom. The number of hydrogen-bond donors (Lipinski definition) is 1. The molecule has 0 bridgehead atoms. The number of halogens is 3. The average Bonchev–Trinajstić information content (AvgIpc) is 2.80. The fourth-order valence-electron chi connectivity index (χ4n) is 2.10. The Bertz CT molecular complexity index is 826. The van der Waals surface area contributed by atoms with Gasteiger partial charge in [-0.2, -0.15) is 0 Å². The number of aromatic amines is 1. The minimum Gasteiger partial charge on any atom is -0.360 e. The molecule has 5 heteroatoms. The highest BCUT2D eigenvalue weighted by molar-refractivity contribution is 6.31. The van der Waals surface area contributed by atoms with E-state index in [9.17, 15) is 9.18 Å². The molecule has 1 heterocycles. The summed E-state index contributed by atoms with van der Waals surface area (Å²) in [6, 6.07) is 9.13. The van der Waals surface area contributed by atoms with Gasteiger partial charge in [0.2, 0.25) is 0 Å². The van der Waals surface area contributed by atoms with Crippen LogP contribution in [0.1, 0.15) is 15.9 Å². The maximum absolute atomic E-state index is 13.8. The molecule has 0 aliphatic carbocycles. The maximum atomic E-state index is 13.8. The molecule has 0 saturated heterocycles. The minimum atomic E-state index is -0.634. The minimum absolute atomic E-state index is 0.00903. The molecule has 1 aromatic heterocycles. The van der Waals surface area contributed by atoms with Gasteiger partial charge < -0.3 is 4.98 Å². The van der Waals surface area contributed by atoms with Gasteiger partial charge in [-0.25, -0.2) is 4.39 Å². The number of hydrogen-bond acceptors (Lipinski definition) is 1. The van der Waals surface area contributed by atoms with Crippen molar-refractivity contribution in [2.24, 2.45) is 0 Å². The second-order valence-corrected chi connectivity index (χ2v) is 5.22. The Morgan fingerprint density at radius 2 is 1.70 bits per heavy atom. The third kappa shape index (κ3) is 2.19. The summed E-state index contributed by atoms with van der Waals surface area (Å²) in [5.41, 5.74) is 1.12. The molecule has 0 atom stereocenters. The van der Waals surface area contributed by atoms with E-state index in [0.29, 0.717) is 16.0 Å². The SMILES string of the molecule is O=C(c1ccc(Cl)cc1F)c1c[nH]c2cc(Cl)ccc12. The van der Waals surface area contributed by atoms with E-state index in [0.717, 1.165) is 11.6 Å². The van der Waals surface area contributed by atoms with Crippen molar-refractivity contribution in [3.05, 3.63) is 69.6 Å². The van der Waals surface area contributed by atoms with Gasteiger partial charge in [0, 0.05) is 32.7 Å². The molecule has 0 aliphatic heterocycles. The molecule has 0 spiro atoms. The van der Waals surface area contributed by atoms with E-state index in [4.69, 9.17) is 23.2 Å². The van der Waals surface area contributed by atoms with Crippen molar-refractivity contribution in [3.63, 3.8) is 0 Å². The normalized spacial score (nSPS) is 10.9. The summed E-state index contributed by atoms with van der Waals surface area (Å²) in [5.74, 6) is -1.03. The molecule has 0 saturated carbocycles. The fraction of sp³-hybridized carbons (Fsp3) is 0. The molecule has 100 valence electrons. The highest BCUT2D eigenvalue weighted by Crippen LogP contribution is 2.25. The predicted octanol–water partition coefficient (Wildman–Crippen LogP) is 4.84. The number of ketones is 1. The van der Waals surface area contributed by atoms with E-state index in [2.05, 4.69) is 4.98 Å². The molecule has 3 aromatic rings. The van der Waals surface area contributed by atoms with Crippen LogP contribution in [-0.2, 0) is 0 Å². The van der Waals surface area contributed by atoms with Crippen LogP contribution in [0.3, 0.4) is 0 Å². The third-order valence-electron chi connectivity index (χ3n) is 3.06. The van der Waals surface area contributed by atoms with E-state index >= 15 is 0 Å². The van der Waals surface area contributed by atoms with Crippen molar-refractivity contribution in [1.82, 2.24) is 4.98 Å². The Morgan fingerprint density at radius 1 is 1.00 bits per heavy atom. The van der Waals surface area contributed by atoms with Gasteiger partial charge in [-0.05, 0) is 30.3 Å². The average molecular weight is 308 g/mol. The Kier molecular flexibility index (Phi) is 3.24. The van der Waals surface area contributed by atoms with Gasteiger partial charge in [-0.1, -0.05) is 29.3 Å². The fourth-order valence-corrected chi connectivity index (χ4v) is 2.44. The highest BCUT2D eigenvalue weighted by Gasteiger charge is 2.17. The first kappa shape index (κ1) is 13.2. The summed E-state index contributed by atoms with van der Waals surface area (Å²) in [6.07, 6.45) is 1.55. The molecule has 0 radical (unpaired) electrons. The van der Waals surface area contributed by atoms with E-state index in [1.54, 1.807) is 24.4 Å². The summed E-state index contributed by atoms with van der Waals surface area (Å²) in [5, 5.41) is 1.52. The van der Waals surface area contributed by atoms with E-state index in [-0.39, 0.29) is 10.6 Å². The molecule has 20 heavy (non-hydrogen) atoms. The largest absolute Gasteiger partial charge is 0.360 e. The first-order valence-corrected chi connectivity index (χ1v) is 6.58. The molecule has 0 unspecified atom stereocenters. The van der Waals surface area contributed by atoms with Gasteiger partial charge >= 0.3 is 0 Å². The zero-order valence-electron chi connectivity index (χ0n) is 10.1. The van der Waals surface area contributed by atoms with Gasteiger partial charge in [-0.15, -0.1) is 0 Å². The molecule has 1 N–H and O–H groups in total. The number of benzene rings is 2. The molecule has 0 aliphatic rings. The van der Waals surface area contributed by atoms with Crippen molar-refractivity contribution < 1.29 is 9.18 Å². The second-order valence-electron chi connectivity index (χ2n) is 4.35. The van der Waals surface area contributed by atoms with Crippen LogP contribution in [0.4, 0.5) is 4.39 Å². The van der Waals surface area contributed by atoms with Crippen LogP contribution in [0.2, 0.25) is 10.0 Å². The van der Waals surface area contributed by atoms with E-state index in [1.807, 2.05) is 0 Å². The zero-order chi connectivity index (χ0) is 14.3. The second kappa shape index (κ2) is 4.93. The number of rotatable bonds is 2. The maximum Gasteiger partial charge on any atom is 0.198 e. The van der Waals surface area contributed by atoms with Gasteiger partial charge in [0.05, 0.1) is 5.56 Å². The molecular weight excluding hydrogens is 300 g/mol. The Labute approximate surface area is 124 Å². The van der Waals surface area contributed by atoms with Crippen molar-refractivity contribution in [1.29, 1.82) is 0 Å². The van der Waals surface area contributed by atoms with Crippen LogP contribution >= 0.6 is 23.2 Å². The first-order valence-electron chi connectivity index (χ1n) is 5.82. The van der Waals surface area contributed by atoms with Crippen LogP contribution in [0.15, 0.2) is 42.6 Å². The molecule has 2 aromatic carbocycles. The molecule has 3 rings (SSSR count). The van der Waals surface area contributed by atoms with Crippen LogP contribution in [-0.4, -0.2) is 10.8 Å². The molecular formula is C15H8Cl2FNO. The van der Waals surface area contributed by atoms with Gasteiger partial charge in [0.25, 0.3) is 0 Å². The number of nitrogens with one attached hydrogen (secondary N) is 1. The van der Waals surface area contributed by atoms with Gasteiger partial charge in [0.1, 0.15) is 5.82 Å².